The van der Waals surface area contributed by atoms with Gasteiger partial charge in [0, 0.05) is 29.3 Å². The molecule has 1 aromatic rings. The lowest BCUT2D eigenvalue weighted by Crippen LogP contribution is -2.47. The Balaban J connectivity index is 1.90. The molecular formula is C23H35BrO6. The molecule has 0 saturated carbocycles. The van der Waals surface area contributed by atoms with Gasteiger partial charge in [-0.2, -0.15) is 0 Å². The third-order valence-electron chi connectivity index (χ3n) is 6.26. The maximum Gasteiger partial charge on any atom is 0.338 e. The predicted octanol–water partition coefficient (Wildman–Crippen LogP) is 4.02. The zero-order chi connectivity index (χ0) is 22.4. The first-order valence-electron chi connectivity index (χ1n) is 10.6. The largest absolute Gasteiger partial charge is 0.462 e. The minimum Gasteiger partial charge on any atom is -0.462 e. The van der Waals surface area contributed by atoms with Gasteiger partial charge in [0.1, 0.15) is 0 Å². The molecule has 1 heterocycles. The first kappa shape index (κ1) is 25.3. The highest BCUT2D eigenvalue weighted by Crippen LogP contribution is 2.34. The summed E-state index contributed by atoms with van der Waals surface area (Å²) in [6.45, 7) is 7.77. The molecule has 1 aromatic carbocycles. The molecule has 1 fully saturated rings. The van der Waals surface area contributed by atoms with Crippen LogP contribution in [0, 0.1) is 23.7 Å². The molecule has 0 aromatic heterocycles. The number of methoxy groups -OCH3 is 1. The van der Waals surface area contributed by atoms with E-state index in [0.29, 0.717) is 11.5 Å². The lowest BCUT2D eigenvalue weighted by Gasteiger charge is -2.41. The van der Waals surface area contributed by atoms with Crippen LogP contribution in [0.5, 0.6) is 0 Å². The molecule has 0 unspecified atom stereocenters. The second kappa shape index (κ2) is 11.6. The van der Waals surface area contributed by atoms with Gasteiger partial charge in [0.15, 0.2) is 6.29 Å². The Kier molecular flexibility index (Phi) is 9.75. The normalized spacial score (nSPS) is 27.0. The van der Waals surface area contributed by atoms with E-state index in [1.807, 2.05) is 20.8 Å². The van der Waals surface area contributed by atoms with Gasteiger partial charge in [-0.25, -0.2) is 4.79 Å². The van der Waals surface area contributed by atoms with Gasteiger partial charge < -0.3 is 24.4 Å². The zero-order valence-electron chi connectivity index (χ0n) is 18.5. The first-order chi connectivity index (χ1) is 14.1. The quantitative estimate of drug-likeness (QED) is 0.512. The Labute approximate surface area is 188 Å². The molecule has 0 radical (unpaired) electrons. The monoisotopic (exact) mass is 486 g/mol. The summed E-state index contributed by atoms with van der Waals surface area (Å²) >= 11 is 3.33. The van der Waals surface area contributed by atoms with Gasteiger partial charge in [-0.15, -0.1) is 0 Å². The van der Waals surface area contributed by atoms with Crippen LogP contribution >= 0.6 is 15.9 Å². The summed E-state index contributed by atoms with van der Waals surface area (Å²) in [4.78, 5) is 12.2. The predicted molar refractivity (Wildman–Crippen MR) is 118 cm³/mol. The van der Waals surface area contributed by atoms with Crippen molar-refractivity contribution in [2.24, 2.45) is 23.7 Å². The van der Waals surface area contributed by atoms with E-state index in [0.717, 1.165) is 17.3 Å². The zero-order valence-corrected chi connectivity index (χ0v) is 20.0. The van der Waals surface area contributed by atoms with Crippen molar-refractivity contribution < 1.29 is 29.2 Å². The number of esters is 1. The molecule has 30 heavy (non-hydrogen) atoms. The van der Waals surface area contributed by atoms with Crippen molar-refractivity contribution in [2.45, 2.75) is 65.1 Å². The smallest absolute Gasteiger partial charge is 0.338 e. The van der Waals surface area contributed by atoms with E-state index in [2.05, 4.69) is 22.9 Å². The molecule has 1 saturated heterocycles. The average Bonchev–Trinajstić information content (AvgIpc) is 2.75. The van der Waals surface area contributed by atoms with E-state index in [-0.39, 0.29) is 30.8 Å². The molecule has 1 aliphatic heterocycles. The summed E-state index contributed by atoms with van der Waals surface area (Å²) in [6.07, 6.45) is -0.155. The minimum absolute atomic E-state index is 0.0730. The summed E-state index contributed by atoms with van der Waals surface area (Å²) in [6, 6.07) is 6.91. The third-order valence-corrected chi connectivity index (χ3v) is 6.79. The van der Waals surface area contributed by atoms with Gasteiger partial charge in [-0.3, -0.25) is 0 Å². The number of ether oxygens (including phenoxy) is 3. The number of hydrogen-bond donors (Lipinski definition) is 2. The van der Waals surface area contributed by atoms with Crippen LogP contribution in [0.1, 0.15) is 50.9 Å². The highest BCUT2D eigenvalue weighted by molar-refractivity contribution is 9.10. The van der Waals surface area contributed by atoms with Gasteiger partial charge in [0.2, 0.25) is 0 Å². The highest BCUT2D eigenvalue weighted by atomic mass is 79.9. The molecule has 8 atom stereocenters. The van der Waals surface area contributed by atoms with Crippen LogP contribution in [0.25, 0.3) is 0 Å². The molecule has 1 aliphatic rings. The van der Waals surface area contributed by atoms with Crippen molar-refractivity contribution >= 4 is 21.9 Å². The Morgan fingerprint density at radius 1 is 1.17 bits per heavy atom. The highest BCUT2D eigenvalue weighted by Gasteiger charge is 2.39. The molecule has 0 spiro atoms. The number of halogens is 1. The summed E-state index contributed by atoms with van der Waals surface area (Å²) in [5.74, 6) is -1.02. The van der Waals surface area contributed by atoms with Gasteiger partial charge in [0.05, 0.1) is 30.5 Å². The van der Waals surface area contributed by atoms with Crippen molar-refractivity contribution in [1.82, 2.24) is 0 Å². The van der Waals surface area contributed by atoms with Crippen LogP contribution in [-0.4, -0.2) is 54.5 Å². The second-order valence-electron chi connectivity index (χ2n) is 8.60. The molecule has 0 bridgehead atoms. The van der Waals surface area contributed by atoms with Crippen LogP contribution in [0.4, 0.5) is 0 Å². The SMILES string of the molecule is CO[C@H]1CC[C@H](C)[C@@H]([C@@H](C)[C@@H](O)[C@@H](C)[C@@H](O)[C@@H](C)COC(=O)c2ccc(Br)cc2)O1. The van der Waals surface area contributed by atoms with Crippen molar-refractivity contribution in [2.75, 3.05) is 13.7 Å². The fraction of sp³-hybridized carbons (Fsp3) is 0.696. The second-order valence-corrected chi connectivity index (χ2v) is 9.52. The fourth-order valence-electron chi connectivity index (χ4n) is 4.12. The standard InChI is InChI=1S/C23H35BrO6/c1-13-6-11-19(28-5)30-22(13)16(4)21(26)15(3)20(25)14(2)12-29-23(27)17-7-9-18(24)10-8-17/h7-10,13-16,19-22,25-26H,6,11-12H2,1-5H3/t13-,14-,15-,16-,19+,20-,21-,22-/m0/s1. The number of carbonyl (C=O) groups excluding carboxylic acids is 1. The molecule has 0 amide bonds. The summed E-state index contributed by atoms with van der Waals surface area (Å²) in [7, 11) is 1.63. The van der Waals surface area contributed by atoms with Gasteiger partial charge in [-0.1, -0.05) is 43.6 Å². The summed E-state index contributed by atoms with van der Waals surface area (Å²) in [5.41, 5.74) is 0.456. The molecule has 6 nitrogen and oxygen atoms in total. The fourth-order valence-corrected chi connectivity index (χ4v) is 4.39. The van der Waals surface area contributed by atoms with Crippen LogP contribution in [0.2, 0.25) is 0 Å². The number of rotatable bonds is 9. The molecule has 2 rings (SSSR count). The van der Waals surface area contributed by atoms with E-state index < -0.39 is 24.1 Å². The third kappa shape index (κ3) is 6.50. The van der Waals surface area contributed by atoms with Crippen LogP contribution < -0.4 is 0 Å². The maximum absolute atomic E-state index is 12.2. The maximum atomic E-state index is 12.2. The first-order valence-corrected chi connectivity index (χ1v) is 11.4. The lowest BCUT2D eigenvalue weighted by atomic mass is 9.78. The summed E-state index contributed by atoms with van der Waals surface area (Å²) < 4.78 is 17.6. The van der Waals surface area contributed by atoms with Crippen molar-refractivity contribution in [3.05, 3.63) is 34.3 Å². The van der Waals surface area contributed by atoms with E-state index in [1.165, 1.54) is 0 Å². The van der Waals surface area contributed by atoms with Crippen LogP contribution in [-0.2, 0) is 14.2 Å². The Morgan fingerprint density at radius 3 is 2.40 bits per heavy atom. The molecule has 2 N–H and O–H groups in total. The molecule has 7 heteroatoms. The van der Waals surface area contributed by atoms with E-state index in [1.54, 1.807) is 31.4 Å². The summed E-state index contributed by atoms with van der Waals surface area (Å²) in [5, 5.41) is 21.7. The van der Waals surface area contributed by atoms with Crippen LogP contribution in [0.3, 0.4) is 0 Å². The van der Waals surface area contributed by atoms with Crippen molar-refractivity contribution in [1.29, 1.82) is 0 Å². The molecule has 170 valence electrons. The number of carbonyl (C=O) groups is 1. The van der Waals surface area contributed by atoms with E-state index >= 15 is 0 Å². The number of aliphatic hydroxyl groups excluding tert-OH is 2. The molecular weight excluding hydrogens is 452 g/mol. The average molecular weight is 487 g/mol. The van der Waals surface area contributed by atoms with E-state index in [9.17, 15) is 15.0 Å². The topological polar surface area (TPSA) is 85.2 Å². The van der Waals surface area contributed by atoms with Crippen molar-refractivity contribution in [3.8, 4) is 0 Å². The lowest BCUT2D eigenvalue weighted by molar-refractivity contribution is -0.220. The number of aliphatic hydroxyl groups is 2. The Hall–Kier alpha value is -0.990. The van der Waals surface area contributed by atoms with Gasteiger partial charge in [-0.05, 0) is 43.0 Å². The number of hydrogen-bond acceptors (Lipinski definition) is 6. The Bertz CT molecular complexity index is 666. The van der Waals surface area contributed by atoms with E-state index in [4.69, 9.17) is 14.2 Å². The van der Waals surface area contributed by atoms with Gasteiger partial charge in [0.25, 0.3) is 0 Å². The minimum atomic E-state index is -0.822. The van der Waals surface area contributed by atoms with Crippen LogP contribution in [0.15, 0.2) is 28.7 Å². The number of benzene rings is 1. The van der Waals surface area contributed by atoms with Crippen molar-refractivity contribution in [3.63, 3.8) is 0 Å². The molecule has 0 aliphatic carbocycles. The van der Waals surface area contributed by atoms with Gasteiger partial charge >= 0.3 is 5.97 Å². The Morgan fingerprint density at radius 2 is 1.80 bits per heavy atom.